The Morgan fingerprint density at radius 3 is 1.83 bits per heavy atom. The molecule has 9 heteroatoms. The molecule has 0 atom stereocenters. The molecule has 0 heterocycles. The van der Waals surface area contributed by atoms with E-state index in [1.165, 1.54) is 0 Å². The second-order valence-corrected chi connectivity index (χ2v) is 6.54. The van der Waals surface area contributed by atoms with Gasteiger partial charge in [-0.2, -0.15) is 0 Å². The molecule has 0 fully saturated rings. The summed E-state index contributed by atoms with van der Waals surface area (Å²) in [6, 6.07) is 15.6. The van der Waals surface area contributed by atoms with E-state index in [4.69, 9.17) is 16.2 Å². The van der Waals surface area contributed by atoms with Crippen molar-refractivity contribution in [3.8, 4) is 11.1 Å². The van der Waals surface area contributed by atoms with Crippen LogP contribution >= 0.6 is 0 Å². The third-order valence-electron chi connectivity index (χ3n) is 4.77. The fraction of sp³-hybridized carbons (Fsp3) is 0.238. The fourth-order valence-corrected chi connectivity index (χ4v) is 3.41. The molecule has 30 heavy (non-hydrogen) atoms. The number of carbonyl (C=O) groups is 4. The summed E-state index contributed by atoms with van der Waals surface area (Å²) in [5.41, 5.74) is 14.5. The van der Waals surface area contributed by atoms with Gasteiger partial charge in [0.1, 0.15) is 13.2 Å². The van der Waals surface area contributed by atoms with Gasteiger partial charge in [0.25, 0.3) is 0 Å². The topological polar surface area (TPSA) is 142 Å². The number of rotatable bonds is 6. The molecule has 0 bridgehead atoms. The molecule has 156 valence electrons. The van der Waals surface area contributed by atoms with Gasteiger partial charge in [-0.15, -0.1) is 0 Å². The Morgan fingerprint density at radius 2 is 1.33 bits per heavy atom. The summed E-state index contributed by atoms with van der Waals surface area (Å²) in [5.74, 6) is -2.95. The molecule has 0 radical (unpaired) electrons. The Balaban J connectivity index is 1.62. The number of benzene rings is 2. The average Bonchev–Trinajstić information content (AvgIpc) is 3.08. The van der Waals surface area contributed by atoms with Crippen molar-refractivity contribution in [3.05, 3.63) is 59.7 Å². The molecule has 4 N–H and O–H groups in total. The molecule has 0 spiro atoms. The van der Waals surface area contributed by atoms with Crippen molar-refractivity contribution in [2.45, 2.75) is 5.92 Å². The fourth-order valence-electron chi connectivity index (χ4n) is 3.41. The zero-order valence-corrected chi connectivity index (χ0v) is 16.1. The van der Waals surface area contributed by atoms with Crippen LogP contribution in [0.1, 0.15) is 17.0 Å². The molecule has 1 aliphatic rings. The minimum atomic E-state index is -1.22. The Morgan fingerprint density at radius 1 is 0.833 bits per heavy atom. The molecule has 1 aliphatic carbocycles. The Bertz CT molecular complexity index is 929. The van der Waals surface area contributed by atoms with Gasteiger partial charge in [0, 0.05) is 5.92 Å². The first-order valence-electron chi connectivity index (χ1n) is 9.25. The summed E-state index contributed by atoms with van der Waals surface area (Å²) in [7, 11) is 0. The summed E-state index contributed by atoms with van der Waals surface area (Å²) >= 11 is 0. The van der Waals surface area contributed by atoms with Gasteiger partial charge in [0.05, 0.1) is 13.1 Å². The summed E-state index contributed by atoms with van der Waals surface area (Å²) in [6.07, 6.45) is -1.22. The summed E-state index contributed by atoms with van der Waals surface area (Å²) in [5, 5.41) is 0. The van der Waals surface area contributed by atoms with Crippen LogP contribution in [0.2, 0.25) is 0 Å². The van der Waals surface area contributed by atoms with Gasteiger partial charge in [0.15, 0.2) is 0 Å². The van der Waals surface area contributed by atoms with E-state index in [0.29, 0.717) is 4.90 Å². The number of esters is 1. The maximum Gasteiger partial charge on any atom is 0.516 e. The summed E-state index contributed by atoms with van der Waals surface area (Å²) < 4.78 is 9.72. The van der Waals surface area contributed by atoms with Crippen LogP contribution in [0.3, 0.4) is 0 Å². The van der Waals surface area contributed by atoms with Crippen molar-refractivity contribution in [1.82, 2.24) is 4.90 Å². The number of ether oxygens (including phenoxy) is 2. The number of imide groups is 1. The SMILES string of the molecule is NCC(=O)N(CC(=O)OC(=O)OCC1c2ccccc2-c2ccccc21)C(=O)CN. The van der Waals surface area contributed by atoms with Gasteiger partial charge in [-0.25, -0.2) is 9.59 Å². The monoisotopic (exact) mass is 411 g/mol. The first kappa shape index (κ1) is 21.2. The van der Waals surface area contributed by atoms with Crippen LogP contribution in [0.4, 0.5) is 4.79 Å². The number of amides is 2. The molecule has 0 aromatic heterocycles. The molecule has 2 amide bonds. The molecular formula is C21H21N3O6. The number of hydrogen-bond acceptors (Lipinski definition) is 8. The van der Waals surface area contributed by atoms with Crippen molar-refractivity contribution in [3.63, 3.8) is 0 Å². The normalized spacial score (nSPS) is 11.9. The molecule has 0 saturated heterocycles. The molecule has 3 rings (SSSR count). The van der Waals surface area contributed by atoms with Crippen LogP contribution < -0.4 is 11.5 Å². The average molecular weight is 411 g/mol. The van der Waals surface area contributed by atoms with Crippen LogP contribution in [0, 0.1) is 0 Å². The van der Waals surface area contributed by atoms with E-state index < -0.39 is 43.6 Å². The number of carbonyl (C=O) groups excluding carboxylic acids is 4. The molecule has 9 nitrogen and oxygen atoms in total. The third kappa shape index (κ3) is 4.37. The largest absolute Gasteiger partial charge is 0.516 e. The lowest BCUT2D eigenvalue weighted by atomic mass is 9.98. The lowest BCUT2D eigenvalue weighted by Gasteiger charge is -2.18. The Labute approximate surface area is 172 Å². The maximum atomic E-state index is 12.0. The molecule has 2 aromatic rings. The number of hydrogen-bond donors (Lipinski definition) is 2. The number of fused-ring (bicyclic) bond motifs is 3. The van der Waals surface area contributed by atoms with Gasteiger partial charge in [-0.1, -0.05) is 48.5 Å². The smallest absolute Gasteiger partial charge is 0.433 e. The Kier molecular flexibility index (Phi) is 6.55. The van der Waals surface area contributed by atoms with E-state index in [1.807, 2.05) is 48.5 Å². The zero-order chi connectivity index (χ0) is 21.7. The minimum absolute atomic E-state index is 0.0344. The predicted octanol–water partition coefficient (Wildman–Crippen LogP) is 0.751. The lowest BCUT2D eigenvalue weighted by molar-refractivity contribution is -0.152. The zero-order valence-electron chi connectivity index (χ0n) is 16.1. The molecule has 0 aliphatic heterocycles. The highest BCUT2D eigenvalue weighted by Crippen LogP contribution is 2.44. The summed E-state index contributed by atoms with van der Waals surface area (Å²) in [4.78, 5) is 47.8. The highest BCUT2D eigenvalue weighted by molar-refractivity contribution is 6.00. The highest BCUT2D eigenvalue weighted by atomic mass is 16.7. The van der Waals surface area contributed by atoms with Crippen molar-refractivity contribution in [2.75, 3.05) is 26.2 Å². The number of nitrogens with two attached hydrogens (primary N) is 2. The van der Waals surface area contributed by atoms with E-state index in [9.17, 15) is 19.2 Å². The van der Waals surface area contributed by atoms with Crippen LogP contribution in [-0.4, -0.2) is 55.1 Å². The maximum absolute atomic E-state index is 12.0. The highest BCUT2D eigenvalue weighted by Gasteiger charge is 2.30. The van der Waals surface area contributed by atoms with Crippen LogP contribution in [0.25, 0.3) is 11.1 Å². The molecule has 0 saturated carbocycles. The van der Waals surface area contributed by atoms with Gasteiger partial charge >= 0.3 is 12.1 Å². The van der Waals surface area contributed by atoms with Crippen LogP contribution in [0.15, 0.2) is 48.5 Å². The van der Waals surface area contributed by atoms with Crippen LogP contribution in [-0.2, 0) is 23.9 Å². The first-order chi connectivity index (χ1) is 14.5. The summed E-state index contributed by atoms with van der Waals surface area (Å²) in [6.45, 7) is -1.81. The van der Waals surface area contributed by atoms with Crippen molar-refractivity contribution in [2.24, 2.45) is 11.5 Å². The third-order valence-corrected chi connectivity index (χ3v) is 4.77. The first-order valence-corrected chi connectivity index (χ1v) is 9.25. The standard InChI is InChI=1S/C21H21N3O6/c22-9-18(25)24(19(26)10-23)11-20(27)30-21(28)29-12-17-15-7-3-1-5-13(15)14-6-2-4-8-16(14)17/h1-8,17H,9-12,22-23H2. The van der Waals surface area contributed by atoms with Crippen molar-refractivity contribution >= 4 is 23.9 Å². The van der Waals surface area contributed by atoms with Gasteiger partial charge < -0.3 is 20.9 Å². The van der Waals surface area contributed by atoms with Gasteiger partial charge in [-0.05, 0) is 22.3 Å². The van der Waals surface area contributed by atoms with E-state index >= 15 is 0 Å². The number of nitrogens with zero attached hydrogens (tertiary/aromatic N) is 1. The van der Waals surface area contributed by atoms with E-state index in [-0.39, 0.29) is 12.5 Å². The van der Waals surface area contributed by atoms with E-state index in [1.54, 1.807) is 0 Å². The molecule has 2 aromatic carbocycles. The Hall–Kier alpha value is -3.56. The minimum Gasteiger partial charge on any atom is -0.433 e. The molecular weight excluding hydrogens is 390 g/mol. The van der Waals surface area contributed by atoms with Gasteiger partial charge in [-0.3, -0.25) is 14.5 Å². The van der Waals surface area contributed by atoms with E-state index in [0.717, 1.165) is 22.3 Å². The second-order valence-electron chi connectivity index (χ2n) is 6.54. The molecule has 0 unspecified atom stereocenters. The lowest BCUT2D eigenvalue weighted by Crippen LogP contribution is -2.46. The van der Waals surface area contributed by atoms with E-state index in [2.05, 4.69) is 4.74 Å². The van der Waals surface area contributed by atoms with Crippen molar-refractivity contribution < 1.29 is 28.7 Å². The van der Waals surface area contributed by atoms with Crippen LogP contribution in [0.5, 0.6) is 0 Å². The van der Waals surface area contributed by atoms with Crippen molar-refractivity contribution in [1.29, 1.82) is 0 Å². The van der Waals surface area contributed by atoms with Gasteiger partial charge in [0.2, 0.25) is 11.8 Å². The quantitative estimate of drug-likeness (QED) is 0.524. The second kappa shape index (κ2) is 9.29. The predicted molar refractivity (Wildman–Crippen MR) is 106 cm³/mol.